The Morgan fingerprint density at radius 3 is 2.21 bits per heavy atom. The summed E-state index contributed by atoms with van der Waals surface area (Å²) < 4.78 is 0. The Morgan fingerprint density at radius 2 is 1.67 bits per heavy atom. The van der Waals surface area contributed by atoms with Gasteiger partial charge in [-0.25, -0.2) is 0 Å². The van der Waals surface area contributed by atoms with Gasteiger partial charge in [0.25, 0.3) is 0 Å². The summed E-state index contributed by atoms with van der Waals surface area (Å²) in [6, 6.07) is 4.02. The molecule has 0 radical (unpaired) electrons. The van der Waals surface area contributed by atoms with E-state index in [9.17, 15) is 4.79 Å². The van der Waals surface area contributed by atoms with Gasteiger partial charge in [0.05, 0.1) is 0 Å². The molecule has 6 nitrogen and oxygen atoms in total. The predicted molar refractivity (Wildman–Crippen MR) is 96.3 cm³/mol. The summed E-state index contributed by atoms with van der Waals surface area (Å²) in [5.74, 6) is 2.35. The molecule has 0 aromatic carbocycles. The molecule has 3 heterocycles. The van der Waals surface area contributed by atoms with Crippen LogP contribution in [0.1, 0.15) is 38.5 Å². The number of carbonyl (C=O) groups excluding carboxylic acids is 1. The van der Waals surface area contributed by atoms with E-state index in [4.69, 9.17) is 0 Å². The average Bonchev–Trinajstić information content (AvgIpc) is 2.91. The molecule has 2 aliphatic rings. The molecule has 1 aromatic rings. The second-order valence-electron chi connectivity index (χ2n) is 7.14. The number of hydrogen-bond acceptors (Lipinski definition) is 5. The van der Waals surface area contributed by atoms with Gasteiger partial charge in [0.1, 0.15) is 0 Å². The maximum Gasteiger partial charge on any atom is 0.225 e. The van der Waals surface area contributed by atoms with Crippen LogP contribution in [-0.4, -0.2) is 61.3 Å². The van der Waals surface area contributed by atoms with Crippen molar-refractivity contribution in [2.45, 2.75) is 38.5 Å². The number of nitrogens with zero attached hydrogens (tertiary/aromatic N) is 5. The lowest BCUT2D eigenvalue weighted by Gasteiger charge is -2.34. The Hall–Kier alpha value is -1.85. The van der Waals surface area contributed by atoms with Gasteiger partial charge in [0, 0.05) is 46.2 Å². The van der Waals surface area contributed by atoms with Gasteiger partial charge in [0.15, 0.2) is 11.6 Å². The maximum absolute atomic E-state index is 12.7. The highest BCUT2D eigenvalue weighted by Crippen LogP contribution is 2.24. The van der Waals surface area contributed by atoms with Crippen LogP contribution in [0, 0.1) is 5.92 Å². The number of rotatable bonds is 3. The summed E-state index contributed by atoms with van der Waals surface area (Å²) in [6.45, 7) is 3.69. The minimum absolute atomic E-state index is 0.188. The predicted octanol–water partition coefficient (Wildman–Crippen LogP) is 2.16. The molecule has 0 aliphatic carbocycles. The molecule has 0 N–H and O–H groups in total. The molecule has 6 heteroatoms. The molecule has 0 saturated carbocycles. The van der Waals surface area contributed by atoms with E-state index in [2.05, 4.69) is 20.0 Å². The number of hydrogen-bond donors (Lipinski definition) is 0. The largest absolute Gasteiger partial charge is 0.361 e. The highest BCUT2D eigenvalue weighted by atomic mass is 16.2. The molecule has 1 aromatic heterocycles. The number of likely N-dealkylation sites (tertiary alicyclic amines) is 1. The van der Waals surface area contributed by atoms with Crippen molar-refractivity contribution in [3.8, 4) is 0 Å². The van der Waals surface area contributed by atoms with Crippen LogP contribution in [0.15, 0.2) is 12.1 Å². The molecule has 0 bridgehead atoms. The van der Waals surface area contributed by atoms with Crippen LogP contribution in [0.3, 0.4) is 0 Å². The van der Waals surface area contributed by atoms with Crippen molar-refractivity contribution >= 4 is 17.5 Å². The molecule has 1 amide bonds. The number of anilines is 2. The van der Waals surface area contributed by atoms with E-state index in [1.807, 2.05) is 31.1 Å². The molecule has 2 aliphatic heterocycles. The van der Waals surface area contributed by atoms with Gasteiger partial charge in [-0.2, -0.15) is 0 Å². The van der Waals surface area contributed by atoms with E-state index >= 15 is 0 Å². The van der Waals surface area contributed by atoms with Gasteiger partial charge in [-0.3, -0.25) is 4.79 Å². The summed E-state index contributed by atoms with van der Waals surface area (Å²) in [5, 5.41) is 8.59. The second-order valence-corrected chi connectivity index (χ2v) is 7.14. The van der Waals surface area contributed by atoms with Crippen LogP contribution >= 0.6 is 0 Å². The van der Waals surface area contributed by atoms with Gasteiger partial charge >= 0.3 is 0 Å². The minimum atomic E-state index is 0.188. The third-order valence-electron chi connectivity index (χ3n) is 5.18. The molecule has 0 atom stereocenters. The van der Waals surface area contributed by atoms with Crippen molar-refractivity contribution in [3.05, 3.63) is 12.1 Å². The lowest BCUT2D eigenvalue weighted by molar-refractivity contribution is -0.136. The second kappa shape index (κ2) is 7.81. The summed E-state index contributed by atoms with van der Waals surface area (Å²) in [6.07, 6.45) is 6.71. The fourth-order valence-corrected chi connectivity index (χ4v) is 3.63. The first kappa shape index (κ1) is 17.0. The van der Waals surface area contributed by atoms with Gasteiger partial charge in [-0.15, -0.1) is 10.2 Å². The van der Waals surface area contributed by atoms with Crippen LogP contribution in [-0.2, 0) is 4.79 Å². The first-order valence-corrected chi connectivity index (χ1v) is 9.20. The quantitative estimate of drug-likeness (QED) is 0.849. The SMILES string of the molecule is CN(C)c1ccc(N2CCC(C(=O)N3CCCCCC3)CC2)nn1. The Bertz CT molecular complexity index is 529. The van der Waals surface area contributed by atoms with E-state index in [0.29, 0.717) is 5.91 Å². The van der Waals surface area contributed by atoms with Crippen molar-refractivity contribution < 1.29 is 4.79 Å². The van der Waals surface area contributed by atoms with Crippen LogP contribution in [0.25, 0.3) is 0 Å². The van der Waals surface area contributed by atoms with Crippen LogP contribution < -0.4 is 9.80 Å². The Kier molecular flexibility index (Phi) is 5.53. The van der Waals surface area contributed by atoms with E-state index < -0.39 is 0 Å². The van der Waals surface area contributed by atoms with Gasteiger partial charge in [-0.1, -0.05) is 12.8 Å². The molecule has 2 saturated heterocycles. The number of amides is 1. The maximum atomic E-state index is 12.7. The molecule has 0 spiro atoms. The summed E-state index contributed by atoms with van der Waals surface area (Å²) in [7, 11) is 3.92. The van der Waals surface area contributed by atoms with E-state index in [1.165, 1.54) is 25.7 Å². The van der Waals surface area contributed by atoms with Crippen LogP contribution in [0.5, 0.6) is 0 Å². The Labute approximate surface area is 144 Å². The standard InChI is InChI=1S/C18H29N5O/c1-21(2)16-7-8-17(20-19-16)22-13-9-15(10-14-22)18(24)23-11-5-3-4-6-12-23/h7-8,15H,3-6,9-14H2,1-2H3. The highest BCUT2D eigenvalue weighted by Gasteiger charge is 2.29. The number of carbonyl (C=O) groups is 1. The van der Waals surface area contributed by atoms with Crippen molar-refractivity contribution in [2.24, 2.45) is 5.92 Å². The smallest absolute Gasteiger partial charge is 0.225 e. The molecule has 2 fully saturated rings. The number of piperidine rings is 1. The number of aromatic nitrogens is 2. The molecule has 0 unspecified atom stereocenters. The first-order valence-electron chi connectivity index (χ1n) is 9.20. The van der Waals surface area contributed by atoms with Crippen LogP contribution in [0.2, 0.25) is 0 Å². The Morgan fingerprint density at radius 1 is 1.00 bits per heavy atom. The molecule has 3 rings (SSSR count). The zero-order valence-electron chi connectivity index (χ0n) is 14.9. The van der Waals surface area contributed by atoms with Gasteiger partial charge in [-0.05, 0) is 37.8 Å². The van der Waals surface area contributed by atoms with Crippen molar-refractivity contribution in [3.63, 3.8) is 0 Å². The zero-order valence-corrected chi connectivity index (χ0v) is 14.9. The fourth-order valence-electron chi connectivity index (χ4n) is 3.63. The Balaban J connectivity index is 1.54. The summed E-state index contributed by atoms with van der Waals surface area (Å²) in [4.78, 5) is 19.0. The third kappa shape index (κ3) is 3.97. The van der Waals surface area contributed by atoms with E-state index in [1.54, 1.807) is 0 Å². The van der Waals surface area contributed by atoms with E-state index in [-0.39, 0.29) is 5.92 Å². The lowest BCUT2D eigenvalue weighted by atomic mass is 9.95. The lowest BCUT2D eigenvalue weighted by Crippen LogP contribution is -2.43. The topological polar surface area (TPSA) is 52.6 Å². The normalized spacial score (nSPS) is 19.9. The zero-order chi connectivity index (χ0) is 16.9. The van der Waals surface area contributed by atoms with E-state index in [0.717, 1.165) is 50.7 Å². The molecule has 24 heavy (non-hydrogen) atoms. The van der Waals surface area contributed by atoms with Crippen LogP contribution in [0.4, 0.5) is 11.6 Å². The molecular weight excluding hydrogens is 302 g/mol. The highest BCUT2D eigenvalue weighted by molar-refractivity contribution is 5.79. The van der Waals surface area contributed by atoms with Crippen molar-refractivity contribution in [1.82, 2.24) is 15.1 Å². The molecular formula is C18H29N5O. The fraction of sp³-hybridized carbons (Fsp3) is 0.722. The minimum Gasteiger partial charge on any atom is -0.361 e. The monoisotopic (exact) mass is 331 g/mol. The summed E-state index contributed by atoms with van der Waals surface area (Å²) >= 11 is 0. The third-order valence-corrected chi connectivity index (χ3v) is 5.18. The summed E-state index contributed by atoms with van der Waals surface area (Å²) in [5.41, 5.74) is 0. The van der Waals surface area contributed by atoms with Gasteiger partial charge in [0.2, 0.25) is 5.91 Å². The molecule has 132 valence electrons. The van der Waals surface area contributed by atoms with Crippen molar-refractivity contribution in [1.29, 1.82) is 0 Å². The van der Waals surface area contributed by atoms with Gasteiger partial charge < -0.3 is 14.7 Å². The first-order chi connectivity index (χ1) is 11.6. The average molecular weight is 331 g/mol. The van der Waals surface area contributed by atoms with Crippen molar-refractivity contribution in [2.75, 3.05) is 50.1 Å².